The maximum absolute atomic E-state index is 12.0. The van der Waals surface area contributed by atoms with Crippen LogP contribution in [0.15, 0.2) is 16.9 Å². The SMILES string of the molecule is C[C@@H](c1ccon1)N(C)C(=O)CN1CCOC1=O. The maximum Gasteiger partial charge on any atom is 0.410 e. The van der Waals surface area contributed by atoms with E-state index in [4.69, 9.17) is 9.26 Å². The molecule has 1 aliphatic heterocycles. The Labute approximate surface area is 104 Å². The summed E-state index contributed by atoms with van der Waals surface area (Å²) in [6.07, 6.45) is 1.02. The van der Waals surface area contributed by atoms with Crippen molar-refractivity contribution < 1.29 is 18.8 Å². The van der Waals surface area contributed by atoms with Gasteiger partial charge in [-0.3, -0.25) is 9.69 Å². The summed E-state index contributed by atoms with van der Waals surface area (Å²) in [6.45, 7) is 2.67. The molecule has 2 rings (SSSR count). The van der Waals surface area contributed by atoms with Crippen LogP contribution in [0.1, 0.15) is 18.7 Å². The van der Waals surface area contributed by atoms with Crippen molar-refractivity contribution >= 4 is 12.0 Å². The van der Waals surface area contributed by atoms with Crippen molar-refractivity contribution in [2.75, 3.05) is 26.7 Å². The van der Waals surface area contributed by atoms with Gasteiger partial charge in [0.05, 0.1) is 12.6 Å². The summed E-state index contributed by atoms with van der Waals surface area (Å²) in [7, 11) is 1.67. The number of aromatic nitrogens is 1. The Hall–Kier alpha value is -2.05. The van der Waals surface area contributed by atoms with Gasteiger partial charge in [0.25, 0.3) is 0 Å². The van der Waals surface area contributed by atoms with Crippen LogP contribution in [0, 0.1) is 0 Å². The molecule has 1 aromatic heterocycles. The van der Waals surface area contributed by atoms with Crippen molar-refractivity contribution in [3.8, 4) is 0 Å². The molecule has 1 aliphatic rings. The number of carbonyl (C=O) groups is 2. The molecule has 0 N–H and O–H groups in total. The van der Waals surface area contributed by atoms with Crippen LogP contribution in [0.5, 0.6) is 0 Å². The number of hydrogen-bond acceptors (Lipinski definition) is 5. The molecule has 0 bridgehead atoms. The van der Waals surface area contributed by atoms with Gasteiger partial charge in [0.15, 0.2) is 0 Å². The number of nitrogens with zero attached hydrogens (tertiary/aromatic N) is 3. The summed E-state index contributed by atoms with van der Waals surface area (Å²) in [5.41, 5.74) is 0.676. The minimum absolute atomic E-state index is 0.0253. The Bertz CT molecular complexity index is 432. The lowest BCUT2D eigenvalue weighted by atomic mass is 10.2. The number of rotatable bonds is 4. The number of carbonyl (C=O) groups excluding carboxylic acids is 2. The average molecular weight is 253 g/mol. The van der Waals surface area contributed by atoms with E-state index in [2.05, 4.69) is 5.16 Å². The van der Waals surface area contributed by atoms with Crippen molar-refractivity contribution in [2.45, 2.75) is 13.0 Å². The van der Waals surface area contributed by atoms with Gasteiger partial charge >= 0.3 is 6.09 Å². The molecular weight excluding hydrogens is 238 g/mol. The number of amides is 2. The molecule has 7 nitrogen and oxygen atoms in total. The largest absolute Gasteiger partial charge is 0.448 e. The van der Waals surface area contributed by atoms with Crippen molar-refractivity contribution in [1.29, 1.82) is 0 Å². The molecule has 2 heterocycles. The van der Waals surface area contributed by atoms with Crippen molar-refractivity contribution in [2.24, 2.45) is 0 Å². The fraction of sp³-hybridized carbons (Fsp3) is 0.545. The first kappa shape index (κ1) is 12.4. The highest BCUT2D eigenvalue weighted by atomic mass is 16.6. The lowest BCUT2D eigenvalue weighted by molar-refractivity contribution is -0.132. The van der Waals surface area contributed by atoms with E-state index < -0.39 is 6.09 Å². The zero-order valence-corrected chi connectivity index (χ0v) is 10.3. The van der Waals surface area contributed by atoms with Crippen molar-refractivity contribution in [1.82, 2.24) is 15.0 Å². The summed E-state index contributed by atoms with van der Waals surface area (Å²) < 4.78 is 9.51. The fourth-order valence-corrected chi connectivity index (χ4v) is 1.70. The Balaban J connectivity index is 1.94. The zero-order valence-electron chi connectivity index (χ0n) is 10.3. The highest BCUT2D eigenvalue weighted by molar-refractivity contribution is 5.83. The Kier molecular flexibility index (Phi) is 3.50. The molecular formula is C11H15N3O4. The summed E-state index contributed by atoms with van der Waals surface area (Å²) in [5, 5.41) is 3.79. The van der Waals surface area contributed by atoms with Gasteiger partial charge < -0.3 is 14.2 Å². The van der Waals surface area contributed by atoms with Gasteiger partial charge in [0.2, 0.25) is 5.91 Å². The highest BCUT2D eigenvalue weighted by Crippen LogP contribution is 2.17. The fourth-order valence-electron chi connectivity index (χ4n) is 1.70. The number of cyclic esters (lactones) is 1. The summed E-state index contributed by atoms with van der Waals surface area (Å²) in [4.78, 5) is 26.2. The van der Waals surface area contributed by atoms with Gasteiger partial charge in [-0.05, 0) is 6.92 Å². The van der Waals surface area contributed by atoms with E-state index in [9.17, 15) is 9.59 Å². The standard InChI is InChI=1S/C11H15N3O4/c1-8(9-3-5-18-12-9)13(2)10(15)7-14-4-6-17-11(14)16/h3,5,8H,4,6-7H2,1-2H3/t8-/m0/s1. The minimum atomic E-state index is -0.439. The first-order valence-corrected chi connectivity index (χ1v) is 5.67. The molecule has 1 atom stereocenters. The molecule has 0 aromatic carbocycles. The number of likely N-dealkylation sites (N-methyl/N-ethyl adjacent to an activating group) is 1. The molecule has 0 aliphatic carbocycles. The van der Waals surface area contributed by atoms with Crippen LogP contribution in [-0.2, 0) is 9.53 Å². The first-order chi connectivity index (χ1) is 8.59. The van der Waals surface area contributed by atoms with Crippen LogP contribution < -0.4 is 0 Å². The minimum Gasteiger partial charge on any atom is -0.448 e. The Morgan fingerprint density at radius 3 is 3.00 bits per heavy atom. The Morgan fingerprint density at radius 1 is 1.67 bits per heavy atom. The van der Waals surface area contributed by atoms with E-state index in [1.807, 2.05) is 6.92 Å². The molecule has 98 valence electrons. The van der Waals surface area contributed by atoms with Gasteiger partial charge in [-0.2, -0.15) is 0 Å². The maximum atomic E-state index is 12.0. The van der Waals surface area contributed by atoms with Crippen LogP contribution in [0.25, 0.3) is 0 Å². The molecule has 0 saturated carbocycles. The van der Waals surface area contributed by atoms with Gasteiger partial charge in [-0.1, -0.05) is 5.16 Å². The van der Waals surface area contributed by atoms with E-state index in [0.717, 1.165) is 0 Å². The molecule has 0 spiro atoms. The molecule has 18 heavy (non-hydrogen) atoms. The topological polar surface area (TPSA) is 75.9 Å². The van der Waals surface area contributed by atoms with Crippen LogP contribution in [0.2, 0.25) is 0 Å². The quantitative estimate of drug-likeness (QED) is 0.787. The van der Waals surface area contributed by atoms with E-state index in [1.54, 1.807) is 13.1 Å². The van der Waals surface area contributed by atoms with Gasteiger partial charge in [-0.25, -0.2) is 4.79 Å². The zero-order chi connectivity index (χ0) is 13.1. The highest BCUT2D eigenvalue weighted by Gasteiger charge is 2.27. The second-order valence-electron chi connectivity index (χ2n) is 4.14. The monoisotopic (exact) mass is 253 g/mol. The molecule has 1 fully saturated rings. The molecule has 2 amide bonds. The molecule has 0 unspecified atom stereocenters. The predicted molar refractivity (Wildman–Crippen MR) is 60.6 cm³/mol. The summed E-state index contributed by atoms with van der Waals surface area (Å²) >= 11 is 0. The second kappa shape index (κ2) is 5.07. The third-order valence-corrected chi connectivity index (χ3v) is 3.03. The first-order valence-electron chi connectivity index (χ1n) is 5.67. The lowest BCUT2D eigenvalue weighted by Gasteiger charge is -2.24. The summed E-state index contributed by atoms with van der Waals surface area (Å²) in [6, 6.07) is 1.51. The van der Waals surface area contributed by atoms with Gasteiger partial charge in [0, 0.05) is 13.1 Å². The molecule has 1 saturated heterocycles. The van der Waals surface area contributed by atoms with Gasteiger partial charge in [-0.15, -0.1) is 0 Å². The van der Waals surface area contributed by atoms with Crippen molar-refractivity contribution in [3.05, 3.63) is 18.0 Å². The van der Waals surface area contributed by atoms with E-state index in [0.29, 0.717) is 18.8 Å². The average Bonchev–Trinajstić information content (AvgIpc) is 3.00. The van der Waals surface area contributed by atoms with Crippen LogP contribution >= 0.6 is 0 Å². The molecule has 7 heteroatoms. The summed E-state index contributed by atoms with van der Waals surface area (Å²) in [5.74, 6) is -0.163. The van der Waals surface area contributed by atoms with E-state index in [-0.39, 0.29) is 18.5 Å². The third-order valence-electron chi connectivity index (χ3n) is 3.03. The van der Waals surface area contributed by atoms with Gasteiger partial charge in [0.1, 0.15) is 25.1 Å². The van der Waals surface area contributed by atoms with Crippen LogP contribution in [0.3, 0.4) is 0 Å². The number of ether oxygens (including phenoxy) is 1. The lowest BCUT2D eigenvalue weighted by Crippen LogP contribution is -2.40. The third kappa shape index (κ3) is 2.44. The van der Waals surface area contributed by atoms with E-state index >= 15 is 0 Å². The Morgan fingerprint density at radius 2 is 2.44 bits per heavy atom. The van der Waals surface area contributed by atoms with Crippen LogP contribution in [-0.4, -0.2) is 53.7 Å². The molecule has 0 radical (unpaired) electrons. The predicted octanol–water partition coefficient (Wildman–Crippen LogP) is 0.646. The second-order valence-corrected chi connectivity index (χ2v) is 4.14. The van der Waals surface area contributed by atoms with Crippen molar-refractivity contribution in [3.63, 3.8) is 0 Å². The van der Waals surface area contributed by atoms with Crippen LogP contribution in [0.4, 0.5) is 4.79 Å². The van der Waals surface area contributed by atoms with E-state index in [1.165, 1.54) is 16.1 Å². The normalized spacial score (nSPS) is 16.6. The molecule has 1 aromatic rings. The number of hydrogen-bond donors (Lipinski definition) is 0. The smallest absolute Gasteiger partial charge is 0.410 e.